The van der Waals surface area contributed by atoms with E-state index in [4.69, 9.17) is 5.84 Å². The topological polar surface area (TPSA) is 96.6 Å². The summed E-state index contributed by atoms with van der Waals surface area (Å²) in [6, 6.07) is 12.5. The molecule has 0 aliphatic heterocycles. The summed E-state index contributed by atoms with van der Waals surface area (Å²) in [4.78, 5) is 2.74. The lowest BCUT2D eigenvalue weighted by atomic mass is 9.94. The Morgan fingerprint density at radius 3 is 2.70 bits per heavy atom. The summed E-state index contributed by atoms with van der Waals surface area (Å²) in [5.41, 5.74) is 3.68. The number of rotatable bonds is 4. The Morgan fingerprint density at radius 1 is 1.09 bits per heavy atom. The van der Waals surface area contributed by atoms with E-state index in [0.717, 1.165) is 36.8 Å². The number of hydrazone groups is 1. The summed E-state index contributed by atoms with van der Waals surface area (Å²) in [5, 5.41) is 5.35. The van der Waals surface area contributed by atoms with Crippen molar-refractivity contribution >= 4 is 26.5 Å². The lowest BCUT2D eigenvalue weighted by Crippen LogP contribution is -2.49. The molecular weight excluding hydrogens is 312 g/mol. The molecule has 122 valence electrons. The normalized spacial score (nSPS) is 20.9. The fourth-order valence-corrected chi connectivity index (χ4v) is 4.08. The zero-order chi connectivity index (χ0) is 16.3. The first kappa shape index (κ1) is 15.9. The highest BCUT2D eigenvalue weighted by Gasteiger charge is 2.23. The van der Waals surface area contributed by atoms with Crippen LogP contribution in [0.1, 0.15) is 25.7 Å². The van der Waals surface area contributed by atoms with Gasteiger partial charge in [0.25, 0.3) is 10.0 Å². The smallest absolute Gasteiger partial charge is 0.253 e. The van der Waals surface area contributed by atoms with Crippen LogP contribution in [0.3, 0.4) is 0 Å². The number of sulfonamides is 1. The minimum absolute atomic E-state index is 0.154. The molecule has 0 spiro atoms. The van der Waals surface area contributed by atoms with Crippen LogP contribution in [0.5, 0.6) is 0 Å². The highest BCUT2D eigenvalue weighted by atomic mass is 32.2. The van der Waals surface area contributed by atoms with Gasteiger partial charge in [-0.1, -0.05) is 42.8 Å². The molecule has 4 N–H and O–H groups in total. The van der Waals surface area contributed by atoms with Crippen LogP contribution in [-0.2, 0) is 10.0 Å². The van der Waals surface area contributed by atoms with Crippen LogP contribution in [0.15, 0.2) is 52.5 Å². The highest BCUT2D eigenvalue weighted by molar-refractivity contribution is 7.89. The van der Waals surface area contributed by atoms with Gasteiger partial charge in [-0.3, -0.25) is 0 Å². The summed E-state index contributed by atoms with van der Waals surface area (Å²) in [5.74, 6) is 5.39. The molecule has 23 heavy (non-hydrogen) atoms. The highest BCUT2D eigenvalue weighted by Crippen LogP contribution is 2.22. The lowest BCUT2D eigenvalue weighted by Gasteiger charge is -2.24. The maximum Gasteiger partial charge on any atom is 0.253 e. The third-order valence-electron chi connectivity index (χ3n) is 4.15. The van der Waals surface area contributed by atoms with Crippen molar-refractivity contribution in [1.29, 1.82) is 0 Å². The van der Waals surface area contributed by atoms with Gasteiger partial charge in [0.15, 0.2) is 0 Å². The van der Waals surface area contributed by atoms with E-state index in [1.54, 1.807) is 18.2 Å². The Hall–Kier alpha value is -1.96. The molecule has 1 aliphatic carbocycles. The van der Waals surface area contributed by atoms with Crippen molar-refractivity contribution in [3.8, 4) is 0 Å². The van der Waals surface area contributed by atoms with Crippen molar-refractivity contribution in [2.45, 2.75) is 36.6 Å². The summed E-state index contributed by atoms with van der Waals surface area (Å²) in [6.45, 7) is 0. The second-order valence-corrected chi connectivity index (χ2v) is 7.30. The number of nitrogens with zero attached hydrogens (tertiary/aromatic N) is 1. The van der Waals surface area contributed by atoms with Gasteiger partial charge in [0.1, 0.15) is 0 Å². The average Bonchev–Trinajstić information content (AvgIpc) is 2.59. The minimum Gasteiger partial charge on any atom is -0.323 e. The van der Waals surface area contributed by atoms with Crippen molar-refractivity contribution in [2.24, 2.45) is 10.9 Å². The van der Waals surface area contributed by atoms with Gasteiger partial charge in [-0.25, -0.2) is 13.8 Å². The number of hydrogen-bond donors (Lipinski definition) is 3. The van der Waals surface area contributed by atoms with Crippen LogP contribution in [0, 0.1) is 0 Å². The zero-order valence-electron chi connectivity index (χ0n) is 12.7. The predicted molar refractivity (Wildman–Crippen MR) is 91.3 cm³/mol. The number of hydrogen-bond acceptors (Lipinski definition) is 5. The van der Waals surface area contributed by atoms with Gasteiger partial charge in [0.2, 0.25) is 0 Å². The van der Waals surface area contributed by atoms with Gasteiger partial charge in [-0.2, -0.15) is 5.10 Å². The van der Waals surface area contributed by atoms with Gasteiger partial charge in [-0.15, -0.1) is 4.83 Å². The van der Waals surface area contributed by atoms with E-state index < -0.39 is 10.0 Å². The first-order valence-electron chi connectivity index (χ1n) is 7.63. The van der Waals surface area contributed by atoms with Crippen LogP contribution >= 0.6 is 0 Å². The Balaban J connectivity index is 1.84. The molecule has 0 heterocycles. The third kappa shape index (κ3) is 3.36. The molecule has 0 radical (unpaired) electrons. The SMILES string of the molecule is NN=C1CCCCC1NNS(=O)(=O)c1cccc2ccccc12. The van der Waals surface area contributed by atoms with Gasteiger partial charge >= 0.3 is 0 Å². The van der Waals surface area contributed by atoms with E-state index in [1.807, 2.05) is 24.3 Å². The molecule has 0 amide bonds. The van der Waals surface area contributed by atoms with Gasteiger partial charge < -0.3 is 5.84 Å². The Bertz CT molecular complexity index is 828. The second kappa shape index (κ2) is 6.66. The molecule has 0 saturated heterocycles. The second-order valence-electron chi connectivity index (χ2n) is 5.65. The Kier molecular flexibility index (Phi) is 4.61. The van der Waals surface area contributed by atoms with Crippen molar-refractivity contribution in [3.05, 3.63) is 42.5 Å². The van der Waals surface area contributed by atoms with Crippen molar-refractivity contribution in [1.82, 2.24) is 10.3 Å². The van der Waals surface area contributed by atoms with Gasteiger partial charge in [0, 0.05) is 5.39 Å². The van der Waals surface area contributed by atoms with Gasteiger partial charge in [-0.05, 0) is 30.7 Å². The molecule has 7 heteroatoms. The monoisotopic (exact) mass is 332 g/mol. The minimum atomic E-state index is -3.67. The summed E-state index contributed by atoms with van der Waals surface area (Å²) < 4.78 is 25.3. The molecule has 2 aromatic rings. The first-order chi connectivity index (χ1) is 11.1. The molecule has 0 bridgehead atoms. The van der Waals surface area contributed by atoms with Gasteiger partial charge in [0.05, 0.1) is 16.6 Å². The van der Waals surface area contributed by atoms with Crippen molar-refractivity contribution < 1.29 is 8.42 Å². The number of hydrazine groups is 1. The van der Waals surface area contributed by atoms with E-state index in [0.29, 0.717) is 5.39 Å². The fourth-order valence-electron chi connectivity index (χ4n) is 2.94. The molecule has 1 saturated carbocycles. The fraction of sp³-hybridized carbons (Fsp3) is 0.312. The molecule has 1 fully saturated rings. The summed E-state index contributed by atoms with van der Waals surface area (Å²) in [6.07, 6.45) is 3.66. The lowest BCUT2D eigenvalue weighted by molar-refractivity contribution is 0.484. The van der Waals surface area contributed by atoms with Crippen molar-refractivity contribution in [2.75, 3.05) is 0 Å². The largest absolute Gasteiger partial charge is 0.323 e. The molecule has 3 rings (SSSR count). The molecule has 1 unspecified atom stereocenters. The van der Waals surface area contributed by atoms with Crippen LogP contribution in [0.2, 0.25) is 0 Å². The van der Waals surface area contributed by atoms with Crippen LogP contribution in [-0.4, -0.2) is 20.2 Å². The maximum absolute atomic E-state index is 12.6. The van der Waals surface area contributed by atoms with E-state index >= 15 is 0 Å². The van der Waals surface area contributed by atoms with Crippen LogP contribution in [0.4, 0.5) is 0 Å². The van der Waals surface area contributed by atoms with E-state index in [9.17, 15) is 8.42 Å². The first-order valence-corrected chi connectivity index (χ1v) is 9.12. The van der Waals surface area contributed by atoms with Crippen LogP contribution in [0.25, 0.3) is 10.8 Å². The summed E-state index contributed by atoms with van der Waals surface area (Å²) in [7, 11) is -3.67. The Morgan fingerprint density at radius 2 is 1.87 bits per heavy atom. The average molecular weight is 332 g/mol. The Labute approximate surface area is 135 Å². The maximum atomic E-state index is 12.6. The third-order valence-corrected chi connectivity index (χ3v) is 5.47. The van der Waals surface area contributed by atoms with Crippen molar-refractivity contribution in [3.63, 3.8) is 0 Å². The number of fused-ring (bicyclic) bond motifs is 1. The quantitative estimate of drug-likeness (QED) is 0.588. The molecule has 0 aromatic heterocycles. The van der Waals surface area contributed by atoms with E-state index in [-0.39, 0.29) is 10.9 Å². The molecule has 2 aromatic carbocycles. The molecule has 1 aliphatic rings. The molecule has 6 nitrogen and oxygen atoms in total. The summed E-state index contributed by atoms with van der Waals surface area (Å²) >= 11 is 0. The standard InChI is InChI=1S/C16H20N4O2S/c17-18-14-9-3-4-10-15(14)19-20-23(21,22)16-11-5-7-12-6-1-2-8-13(12)16/h1-2,5-8,11,15,19-20H,3-4,9-10,17H2. The number of benzene rings is 2. The van der Waals surface area contributed by atoms with E-state index in [2.05, 4.69) is 15.4 Å². The molecular formula is C16H20N4O2S. The van der Waals surface area contributed by atoms with Crippen LogP contribution < -0.4 is 16.1 Å². The molecule has 1 atom stereocenters. The predicted octanol–water partition coefficient (Wildman–Crippen LogP) is 1.88. The zero-order valence-corrected chi connectivity index (χ0v) is 13.5. The van der Waals surface area contributed by atoms with E-state index in [1.165, 1.54) is 0 Å². The number of nitrogens with one attached hydrogen (secondary N) is 2. The number of nitrogens with two attached hydrogens (primary N) is 1.